The van der Waals surface area contributed by atoms with Gasteiger partial charge in [0.05, 0.1) is 18.2 Å². The van der Waals surface area contributed by atoms with Crippen molar-refractivity contribution < 1.29 is 9.47 Å². The van der Waals surface area contributed by atoms with E-state index in [-0.39, 0.29) is 0 Å². The molecule has 142 valence electrons. The average Bonchev–Trinajstić information content (AvgIpc) is 3.34. The van der Waals surface area contributed by atoms with E-state index >= 15 is 0 Å². The number of ether oxygens (including phenoxy) is 2. The number of nitrogens with zero attached hydrogens (tertiary/aromatic N) is 1. The van der Waals surface area contributed by atoms with Gasteiger partial charge >= 0.3 is 0 Å². The van der Waals surface area contributed by atoms with E-state index in [2.05, 4.69) is 39.9 Å². The van der Waals surface area contributed by atoms with Crippen LogP contribution in [0.4, 0.5) is 0 Å². The van der Waals surface area contributed by atoms with E-state index in [0.717, 1.165) is 36.7 Å². The van der Waals surface area contributed by atoms with Crippen molar-refractivity contribution in [3.63, 3.8) is 0 Å². The lowest BCUT2D eigenvalue weighted by atomic mass is 9.96. The van der Waals surface area contributed by atoms with Crippen LogP contribution in [0.2, 0.25) is 0 Å². The minimum absolute atomic E-state index is 0.340. The molecule has 0 radical (unpaired) electrons. The zero-order valence-corrected chi connectivity index (χ0v) is 15.7. The van der Waals surface area contributed by atoms with E-state index in [1.807, 2.05) is 37.4 Å². The molecule has 2 aliphatic heterocycles. The monoisotopic (exact) mass is 365 g/mol. The van der Waals surface area contributed by atoms with Crippen LogP contribution in [0.1, 0.15) is 30.4 Å². The second-order valence-electron chi connectivity index (χ2n) is 7.21. The van der Waals surface area contributed by atoms with Crippen molar-refractivity contribution in [1.29, 1.82) is 0 Å². The van der Waals surface area contributed by atoms with Crippen molar-refractivity contribution in [2.24, 2.45) is 4.99 Å². The molecule has 0 spiro atoms. The van der Waals surface area contributed by atoms with Gasteiger partial charge in [-0.05, 0) is 42.5 Å². The summed E-state index contributed by atoms with van der Waals surface area (Å²) in [5.74, 6) is 1.72. The van der Waals surface area contributed by atoms with Crippen molar-refractivity contribution in [1.82, 2.24) is 10.6 Å². The SMILES string of the molecule is CN=C(NCc1cccc(COc2ccccc2)c1)NC1CC2CCC1O2. The Balaban J connectivity index is 1.28. The van der Waals surface area contributed by atoms with Crippen molar-refractivity contribution in [3.05, 3.63) is 65.7 Å². The third kappa shape index (κ3) is 4.61. The van der Waals surface area contributed by atoms with Gasteiger partial charge in [-0.2, -0.15) is 0 Å². The zero-order valence-electron chi connectivity index (χ0n) is 15.7. The minimum Gasteiger partial charge on any atom is -0.489 e. The highest BCUT2D eigenvalue weighted by Crippen LogP contribution is 2.34. The number of benzene rings is 2. The number of rotatable bonds is 6. The van der Waals surface area contributed by atoms with Gasteiger partial charge in [-0.3, -0.25) is 4.99 Å². The Bertz CT molecular complexity index is 778. The third-order valence-electron chi connectivity index (χ3n) is 5.25. The largest absolute Gasteiger partial charge is 0.489 e. The van der Waals surface area contributed by atoms with Crippen LogP contribution in [0, 0.1) is 0 Å². The molecule has 2 aromatic rings. The standard InChI is InChI=1S/C22H27N3O2/c1-23-22(25-20-13-19-10-11-21(20)27-19)24-14-16-6-5-7-17(12-16)15-26-18-8-3-2-4-9-18/h2-9,12,19-21H,10-11,13-15H2,1H3,(H2,23,24,25). The number of hydrogen-bond acceptors (Lipinski definition) is 3. The smallest absolute Gasteiger partial charge is 0.191 e. The van der Waals surface area contributed by atoms with Gasteiger partial charge in [0.1, 0.15) is 12.4 Å². The number of para-hydroxylation sites is 1. The molecular formula is C22H27N3O2. The summed E-state index contributed by atoms with van der Waals surface area (Å²) < 4.78 is 11.8. The first-order valence-electron chi connectivity index (χ1n) is 9.68. The second-order valence-corrected chi connectivity index (χ2v) is 7.21. The molecule has 0 aromatic heterocycles. The highest BCUT2D eigenvalue weighted by atomic mass is 16.5. The molecule has 2 aliphatic rings. The van der Waals surface area contributed by atoms with Crippen LogP contribution < -0.4 is 15.4 Å². The molecule has 0 aliphatic carbocycles. The molecule has 2 bridgehead atoms. The topological polar surface area (TPSA) is 54.9 Å². The summed E-state index contributed by atoms with van der Waals surface area (Å²) in [5, 5.41) is 6.93. The molecule has 2 N–H and O–H groups in total. The number of hydrogen-bond donors (Lipinski definition) is 2. The van der Waals surface area contributed by atoms with Crippen LogP contribution in [0.25, 0.3) is 0 Å². The summed E-state index contributed by atoms with van der Waals surface area (Å²) in [6, 6.07) is 18.7. The number of aliphatic imine (C=N–C) groups is 1. The molecule has 4 rings (SSSR count). The Labute approximate surface area is 160 Å². The first kappa shape index (κ1) is 17.9. The summed E-state index contributed by atoms with van der Waals surface area (Å²) in [6.45, 7) is 1.29. The van der Waals surface area contributed by atoms with Crippen LogP contribution in [-0.2, 0) is 17.9 Å². The van der Waals surface area contributed by atoms with Crippen molar-refractivity contribution >= 4 is 5.96 Å². The number of fused-ring (bicyclic) bond motifs is 2. The Morgan fingerprint density at radius 2 is 1.96 bits per heavy atom. The van der Waals surface area contributed by atoms with Gasteiger partial charge in [0.15, 0.2) is 5.96 Å². The number of guanidine groups is 1. The predicted molar refractivity (Wildman–Crippen MR) is 107 cm³/mol. The summed E-state index contributed by atoms with van der Waals surface area (Å²) in [7, 11) is 1.81. The maximum atomic E-state index is 5.91. The summed E-state index contributed by atoms with van der Waals surface area (Å²) in [6.07, 6.45) is 4.21. The predicted octanol–water partition coefficient (Wildman–Crippen LogP) is 3.25. The fourth-order valence-electron chi connectivity index (χ4n) is 3.86. The Kier molecular flexibility index (Phi) is 5.58. The van der Waals surface area contributed by atoms with E-state index in [1.165, 1.54) is 12.0 Å². The molecule has 5 nitrogen and oxygen atoms in total. The molecule has 0 saturated carbocycles. The van der Waals surface area contributed by atoms with E-state index in [0.29, 0.717) is 24.9 Å². The van der Waals surface area contributed by atoms with E-state index in [9.17, 15) is 0 Å². The Hall–Kier alpha value is -2.53. The average molecular weight is 365 g/mol. The third-order valence-corrected chi connectivity index (χ3v) is 5.25. The van der Waals surface area contributed by atoms with Crippen LogP contribution >= 0.6 is 0 Å². The maximum Gasteiger partial charge on any atom is 0.191 e. The molecule has 2 fully saturated rings. The van der Waals surface area contributed by atoms with Gasteiger partial charge in [0.25, 0.3) is 0 Å². The molecule has 2 saturated heterocycles. The molecule has 3 atom stereocenters. The van der Waals surface area contributed by atoms with Gasteiger partial charge in [-0.1, -0.05) is 42.5 Å². The zero-order chi connectivity index (χ0) is 18.5. The van der Waals surface area contributed by atoms with Crippen LogP contribution in [0.15, 0.2) is 59.6 Å². The fraction of sp³-hybridized carbons (Fsp3) is 0.409. The van der Waals surface area contributed by atoms with E-state index < -0.39 is 0 Å². The van der Waals surface area contributed by atoms with Crippen molar-refractivity contribution in [3.8, 4) is 5.75 Å². The van der Waals surface area contributed by atoms with Gasteiger partial charge in [-0.25, -0.2) is 0 Å². The quantitative estimate of drug-likeness (QED) is 0.609. The number of nitrogens with one attached hydrogen (secondary N) is 2. The fourth-order valence-corrected chi connectivity index (χ4v) is 3.86. The second kappa shape index (κ2) is 8.44. The summed E-state index contributed by atoms with van der Waals surface area (Å²) in [4.78, 5) is 4.36. The van der Waals surface area contributed by atoms with Crippen LogP contribution in [0.3, 0.4) is 0 Å². The molecule has 0 amide bonds. The minimum atomic E-state index is 0.340. The van der Waals surface area contributed by atoms with Crippen LogP contribution in [0.5, 0.6) is 5.75 Å². The van der Waals surface area contributed by atoms with Gasteiger partial charge in [-0.15, -0.1) is 0 Å². The molecule has 27 heavy (non-hydrogen) atoms. The molecular weight excluding hydrogens is 338 g/mol. The first-order chi connectivity index (χ1) is 13.3. The maximum absolute atomic E-state index is 5.91. The Morgan fingerprint density at radius 3 is 2.70 bits per heavy atom. The molecule has 2 heterocycles. The lowest BCUT2D eigenvalue weighted by Gasteiger charge is -2.22. The molecule has 3 unspecified atom stereocenters. The highest BCUT2D eigenvalue weighted by molar-refractivity contribution is 5.80. The van der Waals surface area contributed by atoms with E-state index in [1.54, 1.807) is 0 Å². The van der Waals surface area contributed by atoms with Crippen molar-refractivity contribution in [2.45, 2.75) is 50.7 Å². The van der Waals surface area contributed by atoms with E-state index in [4.69, 9.17) is 9.47 Å². The molecule has 2 aromatic carbocycles. The first-order valence-corrected chi connectivity index (χ1v) is 9.68. The van der Waals surface area contributed by atoms with Gasteiger partial charge in [0, 0.05) is 13.6 Å². The lowest BCUT2D eigenvalue weighted by molar-refractivity contribution is 0.0992. The normalized spacial score (nSPS) is 24.0. The lowest BCUT2D eigenvalue weighted by Crippen LogP contribution is -2.47. The van der Waals surface area contributed by atoms with Crippen LogP contribution in [-0.4, -0.2) is 31.3 Å². The van der Waals surface area contributed by atoms with Gasteiger partial charge < -0.3 is 20.1 Å². The summed E-state index contributed by atoms with van der Waals surface area (Å²) >= 11 is 0. The van der Waals surface area contributed by atoms with Gasteiger partial charge in [0.2, 0.25) is 0 Å². The molecule has 5 heteroatoms. The highest BCUT2D eigenvalue weighted by Gasteiger charge is 2.41. The summed E-state index contributed by atoms with van der Waals surface area (Å²) in [5.41, 5.74) is 2.36. The Morgan fingerprint density at radius 1 is 1.11 bits per heavy atom. The van der Waals surface area contributed by atoms with Crippen molar-refractivity contribution in [2.75, 3.05) is 7.05 Å².